The topological polar surface area (TPSA) is 74.2 Å². The molecule has 0 heterocycles. The molecule has 0 saturated heterocycles. The Kier molecular flexibility index (Phi) is 6.41. The Labute approximate surface area is 160 Å². The molecule has 0 atom stereocenters. The van der Waals surface area contributed by atoms with E-state index in [2.05, 4.69) is 6.92 Å². The van der Waals surface area contributed by atoms with Gasteiger partial charge in [0.1, 0.15) is 5.75 Å². The maximum absolute atomic E-state index is 12.5. The summed E-state index contributed by atoms with van der Waals surface area (Å²) in [5.74, 6) is 0.581. The van der Waals surface area contributed by atoms with Gasteiger partial charge < -0.3 is 24.1 Å². The van der Waals surface area contributed by atoms with Crippen molar-refractivity contribution in [3.8, 4) is 28.7 Å². The van der Waals surface area contributed by atoms with Crippen LogP contribution >= 0.6 is 0 Å². The summed E-state index contributed by atoms with van der Waals surface area (Å²) >= 11 is 0. The minimum absolute atomic E-state index is 0.0833. The zero-order chi connectivity index (χ0) is 20.2. The van der Waals surface area contributed by atoms with E-state index in [1.54, 1.807) is 39.0 Å². The van der Waals surface area contributed by atoms with Crippen molar-refractivity contribution in [2.45, 2.75) is 40.5 Å². The van der Waals surface area contributed by atoms with Gasteiger partial charge in [-0.25, -0.2) is 0 Å². The third kappa shape index (κ3) is 4.38. The van der Waals surface area contributed by atoms with Crippen molar-refractivity contribution in [1.82, 2.24) is 0 Å². The van der Waals surface area contributed by atoms with Crippen LogP contribution in [0.25, 0.3) is 10.8 Å². The van der Waals surface area contributed by atoms with Gasteiger partial charge in [0.25, 0.3) is 0 Å². The van der Waals surface area contributed by atoms with Crippen LogP contribution in [-0.4, -0.2) is 31.9 Å². The number of esters is 1. The molecular weight excluding hydrogens is 348 g/mol. The standard InChI is InChI=1S/C21H28O6/c1-7-8-11-26-13-9-10-14-15(12-13)17(27-20(23)21(2,3)4)19(25-6)18(24-5)16(14)22/h9-10,12,22H,7-8,11H2,1-6H3. The van der Waals surface area contributed by atoms with Crippen LogP contribution in [0, 0.1) is 5.41 Å². The molecule has 0 aliphatic rings. The maximum atomic E-state index is 12.5. The number of methoxy groups -OCH3 is 2. The number of rotatable bonds is 7. The molecule has 27 heavy (non-hydrogen) atoms. The van der Waals surface area contributed by atoms with E-state index < -0.39 is 11.4 Å². The smallest absolute Gasteiger partial charge is 0.316 e. The molecule has 148 valence electrons. The SMILES string of the molecule is CCCCOc1ccc2c(O)c(OC)c(OC)c(OC(=O)C(C)(C)C)c2c1. The molecule has 0 aliphatic heterocycles. The Morgan fingerprint density at radius 1 is 1.04 bits per heavy atom. The largest absolute Gasteiger partial charge is 0.504 e. The monoisotopic (exact) mass is 376 g/mol. The predicted molar refractivity (Wildman–Crippen MR) is 104 cm³/mol. The van der Waals surface area contributed by atoms with E-state index in [9.17, 15) is 9.90 Å². The fourth-order valence-corrected chi connectivity index (χ4v) is 2.52. The molecule has 0 unspecified atom stereocenters. The summed E-state index contributed by atoms with van der Waals surface area (Å²) in [5.41, 5.74) is -0.711. The molecule has 0 amide bonds. The Morgan fingerprint density at radius 2 is 1.70 bits per heavy atom. The number of fused-ring (bicyclic) bond motifs is 1. The number of phenols is 1. The van der Waals surface area contributed by atoms with Gasteiger partial charge in [-0.1, -0.05) is 13.3 Å². The average Bonchev–Trinajstić information content (AvgIpc) is 2.62. The highest BCUT2D eigenvalue weighted by molar-refractivity contribution is 6.00. The van der Waals surface area contributed by atoms with Gasteiger partial charge in [0.15, 0.2) is 11.5 Å². The number of aromatic hydroxyl groups is 1. The Balaban J connectivity index is 2.67. The zero-order valence-electron chi connectivity index (χ0n) is 16.8. The number of phenolic OH excluding ortho intramolecular Hbond substituents is 1. The second-order valence-corrected chi connectivity index (χ2v) is 7.29. The van der Waals surface area contributed by atoms with Gasteiger partial charge in [-0.3, -0.25) is 4.79 Å². The van der Waals surface area contributed by atoms with Crippen LogP contribution in [0.3, 0.4) is 0 Å². The van der Waals surface area contributed by atoms with Gasteiger partial charge in [0, 0.05) is 10.8 Å². The summed E-state index contributed by atoms with van der Waals surface area (Å²) in [6.07, 6.45) is 1.95. The number of ether oxygens (including phenoxy) is 4. The van der Waals surface area contributed by atoms with Gasteiger partial charge in [-0.05, 0) is 45.4 Å². The number of hydrogen-bond donors (Lipinski definition) is 1. The molecule has 2 aromatic carbocycles. The Bertz CT molecular complexity index is 820. The van der Waals surface area contributed by atoms with Crippen LogP contribution in [0.5, 0.6) is 28.7 Å². The van der Waals surface area contributed by atoms with E-state index in [0.717, 1.165) is 12.8 Å². The fourth-order valence-electron chi connectivity index (χ4n) is 2.52. The quantitative estimate of drug-likeness (QED) is 0.429. The zero-order valence-corrected chi connectivity index (χ0v) is 16.8. The third-order valence-electron chi connectivity index (χ3n) is 4.10. The van der Waals surface area contributed by atoms with Crippen molar-refractivity contribution in [3.63, 3.8) is 0 Å². The number of benzene rings is 2. The fraction of sp³-hybridized carbons (Fsp3) is 0.476. The lowest BCUT2D eigenvalue weighted by molar-refractivity contribution is -0.143. The van der Waals surface area contributed by atoms with Crippen LogP contribution in [-0.2, 0) is 4.79 Å². The average molecular weight is 376 g/mol. The molecule has 6 heteroatoms. The van der Waals surface area contributed by atoms with Crippen LogP contribution < -0.4 is 18.9 Å². The highest BCUT2D eigenvalue weighted by Crippen LogP contribution is 2.51. The first kappa shape index (κ1) is 20.7. The highest BCUT2D eigenvalue weighted by Gasteiger charge is 2.29. The lowest BCUT2D eigenvalue weighted by atomic mass is 9.97. The summed E-state index contributed by atoms with van der Waals surface area (Å²) in [4.78, 5) is 12.5. The second-order valence-electron chi connectivity index (χ2n) is 7.29. The summed E-state index contributed by atoms with van der Waals surface area (Å²) in [5, 5.41) is 11.6. The number of unbranched alkanes of at least 4 members (excludes halogenated alkanes) is 1. The molecule has 2 rings (SSSR count). The van der Waals surface area contributed by atoms with Crippen molar-refractivity contribution in [3.05, 3.63) is 18.2 Å². The van der Waals surface area contributed by atoms with Gasteiger partial charge in [0.05, 0.1) is 26.2 Å². The molecule has 0 aliphatic carbocycles. The Morgan fingerprint density at radius 3 is 2.26 bits per heavy atom. The summed E-state index contributed by atoms with van der Waals surface area (Å²) in [6.45, 7) is 7.96. The van der Waals surface area contributed by atoms with Crippen molar-refractivity contribution in [1.29, 1.82) is 0 Å². The van der Waals surface area contributed by atoms with E-state index in [0.29, 0.717) is 23.1 Å². The van der Waals surface area contributed by atoms with Crippen LogP contribution in [0.4, 0.5) is 0 Å². The molecule has 6 nitrogen and oxygen atoms in total. The van der Waals surface area contributed by atoms with E-state index in [1.165, 1.54) is 14.2 Å². The molecule has 2 aromatic rings. The van der Waals surface area contributed by atoms with Gasteiger partial charge in [-0.15, -0.1) is 0 Å². The van der Waals surface area contributed by atoms with Gasteiger partial charge >= 0.3 is 5.97 Å². The molecule has 0 bridgehead atoms. The summed E-state index contributed by atoms with van der Waals surface area (Å²) in [6, 6.07) is 5.21. The molecular formula is C21H28O6. The maximum Gasteiger partial charge on any atom is 0.316 e. The first-order chi connectivity index (χ1) is 12.7. The predicted octanol–water partition coefficient (Wildman–Crippen LogP) is 4.69. The lowest BCUT2D eigenvalue weighted by Gasteiger charge is -2.21. The van der Waals surface area contributed by atoms with Crippen LogP contribution in [0.15, 0.2) is 18.2 Å². The van der Waals surface area contributed by atoms with Crippen LogP contribution in [0.1, 0.15) is 40.5 Å². The van der Waals surface area contributed by atoms with E-state index in [4.69, 9.17) is 18.9 Å². The molecule has 0 aromatic heterocycles. The molecule has 1 N–H and O–H groups in total. The summed E-state index contributed by atoms with van der Waals surface area (Å²) in [7, 11) is 2.85. The van der Waals surface area contributed by atoms with Crippen molar-refractivity contribution < 1.29 is 28.8 Å². The first-order valence-electron chi connectivity index (χ1n) is 9.00. The molecule has 0 fully saturated rings. The number of carbonyl (C=O) groups excluding carboxylic acids is 1. The minimum atomic E-state index is -0.711. The van der Waals surface area contributed by atoms with Crippen LogP contribution in [0.2, 0.25) is 0 Å². The second kappa shape index (κ2) is 8.37. The number of hydrogen-bond acceptors (Lipinski definition) is 6. The normalized spacial score (nSPS) is 11.3. The Hall–Kier alpha value is -2.63. The van der Waals surface area contributed by atoms with Crippen molar-refractivity contribution in [2.24, 2.45) is 5.41 Å². The minimum Gasteiger partial charge on any atom is -0.504 e. The van der Waals surface area contributed by atoms with E-state index in [1.807, 2.05) is 0 Å². The molecule has 0 radical (unpaired) electrons. The van der Waals surface area contributed by atoms with E-state index in [-0.39, 0.29) is 23.0 Å². The summed E-state index contributed by atoms with van der Waals surface area (Å²) < 4.78 is 22.1. The lowest BCUT2D eigenvalue weighted by Crippen LogP contribution is -2.25. The van der Waals surface area contributed by atoms with Gasteiger partial charge in [0.2, 0.25) is 11.5 Å². The molecule has 0 spiro atoms. The highest BCUT2D eigenvalue weighted by atomic mass is 16.6. The van der Waals surface area contributed by atoms with Gasteiger partial charge in [-0.2, -0.15) is 0 Å². The first-order valence-corrected chi connectivity index (χ1v) is 9.00. The van der Waals surface area contributed by atoms with Crippen molar-refractivity contribution >= 4 is 16.7 Å². The van der Waals surface area contributed by atoms with E-state index >= 15 is 0 Å². The third-order valence-corrected chi connectivity index (χ3v) is 4.10. The molecule has 0 saturated carbocycles. The number of carbonyl (C=O) groups is 1. The van der Waals surface area contributed by atoms with Crippen molar-refractivity contribution in [2.75, 3.05) is 20.8 Å².